The van der Waals surface area contributed by atoms with Gasteiger partial charge in [0.2, 0.25) is 5.82 Å². The lowest BCUT2D eigenvalue weighted by molar-refractivity contribution is 0.0686. The quantitative estimate of drug-likeness (QED) is 0.210. The monoisotopic (exact) mass is 450 g/mol. The summed E-state index contributed by atoms with van der Waals surface area (Å²) < 4.78 is 0.793. The lowest BCUT2D eigenvalue weighted by atomic mass is 10.1. The molecule has 0 bridgehead atoms. The van der Waals surface area contributed by atoms with Gasteiger partial charge in [-0.05, 0) is 17.7 Å². The van der Waals surface area contributed by atoms with Crippen molar-refractivity contribution in [1.82, 2.24) is 24.9 Å². The van der Waals surface area contributed by atoms with Crippen molar-refractivity contribution >= 4 is 40.6 Å². The molecule has 0 saturated carbocycles. The molecular formula is C19H14N8O6. The fourth-order valence-corrected chi connectivity index (χ4v) is 2.95. The highest BCUT2D eigenvalue weighted by molar-refractivity contribution is 5.96. The number of aromatic carboxylic acids is 1. The lowest BCUT2D eigenvalue weighted by Gasteiger charge is -2.11. The number of carboxylic acids is 1. The molecule has 0 atom stereocenters. The van der Waals surface area contributed by atoms with Crippen LogP contribution in [0.5, 0.6) is 0 Å². The number of carbonyl (C=O) groups excluding carboxylic acids is 2. The summed E-state index contributed by atoms with van der Waals surface area (Å²) in [5, 5.41) is 18.4. The highest BCUT2D eigenvalue weighted by Crippen LogP contribution is 2.19. The Kier molecular flexibility index (Phi) is 5.02. The van der Waals surface area contributed by atoms with Crippen molar-refractivity contribution in [2.45, 2.75) is 6.54 Å². The summed E-state index contributed by atoms with van der Waals surface area (Å²) in [5.41, 5.74) is 9.37. The van der Waals surface area contributed by atoms with E-state index in [4.69, 9.17) is 11.5 Å². The second kappa shape index (κ2) is 7.84. The number of nitrogen functional groups attached to an aromatic ring is 1. The molecule has 7 N–H and O–H groups in total. The molecule has 0 fully saturated rings. The summed E-state index contributed by atoms with van der Waals surface area (Å²) in [5.74, 6) is -3.86. The van der Waals surface area contributed by atoms with Gasteiger partial charge in [0.15, 0.2) is 5.69 Å². The van der Waals surface area contributed by atoms with Gasteiger partial charge in [0.25, 0.3) is 28.4 Å². The fourth-order valence-electron chi connectivity index (χ4n) is 2.95. The number of nitrogens with one attached hydrogen (secondary N) is 2. The largest absolute Gasteiger partial charge is 0.477 e. The Morgan fingerprint density at radius 2 is 1.85 bits per heavy atom. The summed E-state index contributed by atoms with van der Waals surface area (Å²) >= 11 is 0. The Morgan fingerprint density at radius 3 is 2.52 bits per heavy atom. The van der Waals surface area contributed by atoms with E-state index in [0.29, 0.717) is 11.3 Å². The Morgan fingerprint density at radius 1 is 1.09 bits per heavy atom. The van der Waals surface area contributed by atoms with E-state index in [1.165, 1.54) is 0 Å². The molecule has 14 nitrogen and oxygen atoms in total. The van der Waals surface area contributed by atoms with Gasteiger partial charge in [-0.15, -0.1) is 5.10 Å². The normalized spacial score (nSPS) is 10.9. The molecule has 0 aliphatic carbocycles. The number of primary amides is 1. The van der Waals surface area contributed by atoms with Gasteiger partial charge in [-0.3, -0.25) is 19.2 Å². The highest BCUT2D eigenvalue weighted by atomic mass is 16.4. The number of benzene rings is 1. The Hall–Kier alpha value is -5.14. The van der Waals surface area contributed by atoms with Crippen LogP contribution in [0.25, 0.3) is 5.78 Å². The number of nitrogens with two attached hydrogens (primary N) is 2. The summed E-state index contributed by atoms with van der Waals surface area (Å²) in [6.45, 7) is 0.0181. The zero-order valence-corrected chi connectivity index (χ0v) is 16.5. The van der Waals surface area contributed by atoms with Crippen LogP contribution in [0.2, 0.25) is 0 Å². The van der Waals surface area contributed by atoms with Gasteiger partial charge < -0.3 is 27.2 Å². The first-order chi connectivity index (χ1) is 15.7. The first-order valence-electron chi connectivity index (χ1n) is 9.19. The summed E-state index contributed by atoms with van der Waals surface area (Å²) in [6.07, 6.45) is 0. The third kappa shape index (κ3) is 3.83. The minimum Gasteiger partial charge on any atom is -0.477 e. The van der Waals surface area contributed by atoms with E-state index in [9.17, 15) is 29.1 Å². The molecule has 0 unspecified atom stereocenters. The first-order valence-corrected chi connectivity index (χ1v) is 9.19. The molecule has 2 aromatic carbocycles. The number of rotatable bonds is 7. The van der Waals surface area contributed by atoms with Gasteiger partial charge >= 0.3 is 5.97 Å². The van der Waals surface area contributed by atoms with Gasteiger partial charge in [0.1, 0.15) is 17.1 Å². The predicted octanol–water partition coefficient (Wildman–Crippen LogP) is -1.23. The average Bonchev–Trinajstić information content (AvgIpc) is 3.24. The third-order valence-corrected chi connectivity index (χ3v) is 4.58. The van der Waals surface area contributed by atoms with Crippen molar-refractivity contribution in [2.24, 2.45) is 5.73 Å². The van der Waals surface area contributed by atoms with E-state index >= 15 is 0 Å². The molecule has 4 rings (SSSR count). The molecule has 166 valence electrons. The second-order valence-corrected chi connectivity index (χ2v) is 6.80. The van der Waals surface area contributed by atoms with Gasteiger partial charge in [-0.1, -0.05) is 12.1 Å². The molecule has 4 aromatic rings. The molecule has 0 aliphatic heterocycles. The van der Waals surface area contributed by atoms with Gasteiger partial charge in [0.05, 0.1) is 0 Å². The van der Waals surface area contributed by atoms with Crippen molar-refractivity contribution in [3.63, 3.8) is 0 Å². The van der Waals surface area contributed by atoms with Crippen molar-refractivity contribution in [2.75, 3.05) is 11.1 Å². The number of anilines is 3. The van der Waals surface area contributed by atoms with Crippen LogP contribution in [0.3, 0.4) is 0 Å². The molecule has 2 aromatic heterocycles. The van der Waals surface area contributed by atoms with Crippen LogP contribution >= 0.6 is 0 Å². The smallest absolute Gasteiger partial charge is 0.354 e. The number of nitrogens with zero attached hydrogens (tertiary/aromatic N) is 4. The molecule has 2 amide bonds. The van der Waals surface area contributed by atoms with Crippen molar-refractivity contribution in [3.05, 3.63) is 73.6 Å². The van der Waals surface area contributed by atoms with E-state index in [1.807, 2.05) is 0 Å². The third-order valence-electron chi connectivity index (χ3n) is 4.58. The van der Waals surface area contributed by atoms with Crippen LogP contribution in [-0.4, -0.2) is 42.5 Å². The number of hydrogen-bond donors (Lipinski definition) is 5. The summed E-state index contributed by atoms with van der Waals surface area (Å²) in [7, 11) is 0. The zero-order valence-electron chi connectivity index (χ0n) is 16.5. The highest BCUT2D eigenvalue weighted by Gasteiger charge is 2.21. The van der Waals surface area contributed by atoms with E-state index < -0.39 is 40.2 Å². The van der Waals surface area contributed by atoms with Crippen LogP contribution in [0, 0.1) is 0 Å². The topological polar surface area (TPSA) is 225 Å². The van der Waals surface area contributed by atoms with Crippen LogP contribution in [0.15, 0.2) is 39.9 Å². The number of fused-ring (bicyclic) bond motifs is 1. The predicted molar refractivity (Wildman–Crippen MR) is 113 cm³/mol. The SMILES string of the molecule is NC(=O)c1nc2nc(C(=O)NCc3cccc(Nc4c(N)c(=O)c4=O)c3)cc(C(=O)O)n2n1. The molecule has 0 aliphatic rings. The average molecular weight is 450 g/mol. The van der Waals surface area contributed by atoms with E-state index in [0.717, 1.165) is 10.6 Å². The molecule has 33 heavy (non-hydrogen) atoms. The molecule has 2 heterocycles. The minimum absolute atomic E-state index is 0.00326. The number of amides is 2. The first kappa shape index (κ1) is 21.1. The van der Waals surface area contributed by atoms with Crippen molar-refractivity contribution in [1.29, 1.82) is 0 Å². The van der Waals surface area contributed by atoms with Crippen LogP contribution < -0.4 is 33.0 Å². The molecule has 0 saturated heterocycles. The van der Waals surface area contributed by atoms with Crippen molar-refractivity contribution < 1.29 is 19.5 Å². The van der Waals surface area contributed by atoms with E-state index in [-0.39, 0.29) is 29.4 Å². The second-order valence-electron chi connectivity index (χ2n) is 6.80. The Labute approximate surface area is 182 Å². The van der Waals surface area contributed by atoms with Crippen LogP contribution in [0.1, 0.15) is 37.2 Å². The standard InChI is InChI=1S/C19H14N8O6/c20-11-12(14(29)13(11)28)23-8-3-1-2-7(4-8)6-22-17(31)9-5-10(18(32)33)27-19(24-9)25-16(26-27)15(21)30/h1-5,23H,6,20H2,(H2,21,30)(H,22,31)(H,32,33). The van der Waals surface area contributed by atoms with Crippen molar-refractivity contribution in [3.8, 4) is 0 Å². The molecule has 0 spiro atoms. The maximum atomic E-state index is 12.6. The Balaban J connectivity index is 1.53. The van der Waals surface area contributed by atoms with Gasteiger partial charge in [0, 0.05) is 18.3 Å². The maximum absolute atomic E-state index is 12.6. The van der Waals surface area contributed by atoms with Crippen LogP contribution in [-0.2, 0) is 6.54 Å². The Bertz CT molecular complexity index is 1530. The summed E-state index contributed by atoms with van der Waals surface area (Å²) in [4.78, 5) is 65.8. The number of aromatic nitrogens is 4. The molecular weight excluding hydrogens is 436 g/mol. The van der Waals surface area contributed by atoms with E-state index in [2.05, 4.69) is 25.7 Å². The molecule has 0 radical (unpaired) electrons. The van der Waals surface area contributed by atoms with Crippen LogP contribution in [0.4, 0.5) is 17.1 Å². The fraction of sp³-hybridized carbons (Fsp3) is 0.0526. The zero-order chi connectivity index (χ0) is 23.9. The van der Waals surface area contributed by atoms with Gasteiger partial charge in [-0.2, -0.15) is 9.50 Å². The van der Waals surface area contributed by atoms with Gasteiger partial charge in [-0.25, -0.2) is 9.78 Å². The van der Waals surface area contributed by atoms with E-state index in [1.54, 1.807) is 24.3 Å². The maximum Gasteiger partial charge on any atom is 0.354 e. The minimum atomic E-state index is -1.42. The number of carbonyl (C=O) groups is 3. The number of hydrogen-bond acceptors (Lipinski definition) is 10. The number of carboxylic acid groups (broad SMARTS) is 1. The molecule has 14 heteroatoms. The summed E-state index contributed by atoms with van der Waals surface area (Å²) in [6, 6.07) is 7.58. The lowest BCUT2D eigenvalue weighted by Crippen LogP contribution is -2.36.